The van der Waals surface area contributed by atoms with Gasteiger partial charge in [0.25, 0.3) is 0 Å². The van der Waals surface area contributed by atoms with Crippen LogP contribution in [0.3, 0.4) is 0 Å². The molecule has 0 radical (unpaired) electrons. The average Bonchev–Trinajstić information content (AvgIpc) is 2.27. The van der Waals surface area contributed by atoms with Crippen LogP contribution in [0.1, 0.15) is 31.9 Å². The SMILES string of the molecule is CNC(COc1cc(C)ccc1C(C)(C)C)C(N)=O. The summed E-state index contributed by atoms with van der Waals surface area (Å²) < 4.78 is 5.80. The molecule has 0 saturated carbocycles. The molecule has 0 aliphatic carbocycles. The van der Waals surface area contributed by atoms with E-state index in [9.17, 15) is 4.79 Å². The van der Waals surface area contributed by atoms with Crippen molar-refractivity contribution in [2.45, 2.75) is 39.2 Å². The molecule has 0 aliphatic heterocycles. The summed E-state index contributed by atoms with van der Waals surface area (Å²) in [6, 6.07) is 5.66. The Morgan fingerprint density at radius 2 is 2.05 bits per heavy atom. The lowest BCUT2D eigenvalue weighted by molar-refractivity contribution is -0.120. The maximum absolute atomic E-state index is 11.2. The van der Waals surface area contributed by atoms with Crippen LogP contribution in [0.5, 0.6) is 5.75 Å². The summed E-state index contributed by atoms with van der Waals surface area (Å²) in [6.07, 6.45) is 0. The van der Waals surface area contributed by atoms with E-state index < -0.39 is 11.9 Å². The number of hydrogen-bond donors (Lipinski definition) is 2. The minimum atomic E-state index is -0.478. The van der Waals surface area contributed by atoms with Gasteiger partial charge in [0.15, 0.2) is 0 Å². The summed E-state index contributed by atoms with van der Waals surface area (Å²) >= 11 is 0. The van der Waals surface area contributed by atoms with Crippen LogP contribution < -0.4 is 15.8 Å². The zero-order chi connectivity index (χ0) is 14.6. The van der Waals surface area contributed by atoms with Crippen molar-refractivity contribution in [1.82, 2.24) is 5.32 Å². The Morgan fingerprint density at radius 1 is 1.42 bits per heavy atom. The molecule has 0 saturated heterocycles. The molecule has 3 N–H and O–H groups in total. The van der Waals surface area contributed by atoms with E-state index in [1.165, 1.54) is 0 Å². The topological polar surface area (TPSA) is 64.3 Å². The van der Waals surface area contributed by atoms with Gasteiger partial charge in [-0.3, -0.25) is 4.79 Å². The second kappa shape index (κ2) is 6.06. The highest BCUT2D eigenvalue weighted by molar-refractivity contribution is 5.80. The Labute approximate surface area is 115 Å². The van der Waals surface area contributed by atoms with Gasteiger partial charge in [-0.25, -0.2) is 0 Å². The molecule has 106 valence electrons. The first-order chi connectivity index (χ1) is 8.75. The smallest absolute Gasteiger partial charge is 0.238 e. The van der Waals surface area contributed by atoms with Crippen LogP contribution in [-0.4, -0.2) is 25.6 Å². The Morgan fingerprint density at radius 3 is 2.53 bits per heavy atom. The number of benzene rings is 1. The molecule has 1 atom stereocenters. The number of carbonyl (C=O) groups is 1. The quantitative estimate of drug-likeness (QED) is 0.851. The average molecular weight is 264 g/mol. The summed E-state index contributed by atoms with van der Waals surface area (Å²) in [7, 11) is 1.69. The third-order valence-corrected chi connectivity index (χ3v) is 3.04. The first-order valence-electron chi connectivity index (χ1n) is 6.46. The Kier molecular flexibility index (Phi) is 4.95. The fourth-order valence-corrected chi connectivity index (χ4v) is 1.85. The molecular formula is C15H24N2O2. The van der Waals surface area contributed by atoms with Crippen LogP contribution in [0.15, 0.2) is 18.2 Å². The molecular weight excluding hydrogens is 240 g/mol. The third kappa shape index (κ3) is 4.24. The van der Waals surface area contributed by atoms with Gasteiger partial charge in [-0.15, -0.1) is 0 Å². The number of amides is 1. The second-order valence-electron chi connectivity index (χ2n) is 5.80. The van der Waals surface area contributed by atoms with Crippen LogP contribution in [-0.2, 0) is 10.2 Å². The van der Waals surface area contributed by atoms with Gasteiger partial charge in [-0.1, -0.05) is 32.9 Å². The van der Waals surface area contributed by atoms with E-state index in [1.807, 2.05) is 13.0 Å². The van der Waals surface area contributed by atoms with Crippen molar-refractivity contribution >= 4 is 5.91 Å². The van der Waals surface area contributed by atoms with Gasteiger partial charge < -0.3 is 15.8 Å². The molecule has 0 aromatic heterocycles. The summed E-state index contributed by atoms with van der Waals surface area (Å²) in [6.45, 7) is 8.65. The largest absolute Gasteiger partial charge is 0.491 e. The zero-order valence-corrected chi connectivity index (χ0v) is 12.4. The van der Waals surface area contributed by atoms with Crippen molar-refractivity contribution in [2.24, 2.45) is 5.73 Å². The molecule has 4 nitrogen and oxygen atoms in total. The lowest BCUT2D eigenvalue weighted by atomic mass is 9.86. The molecule has 1 aromatic carbocycles. The van der Waals surface area contributed by atoms with E-state index in [0.29, 0.717) is 0 Å². The van der Waals surface area contributed by atoms with E-state index in [4.69, 9.17) is 10.5 Å². The monoisotopic (exact) mass is 264 g/mol. The van der Waals surface area contributed by atoms with Crippen molar-refractivity contribution in [3.8, 4) is 5.75 Å². The summed E-state index contributed by atoms with van der Waals surface area (Å²) in [5, 5.41) is 2.85. The first kappa shape index (κ1) is 15.5. The van der Waals surface area contributed by atoms with Gasteiger partial charge in [0.2, 0.25) is 5.91 Å². The highest BCUT2D eigenvalue weighted by Crippen LogP contribution is 2.32. The Bertz CT molecular complexity index is 450. The number of likely N-dealkylation sites (N-methyl/N-ethyl adjacent to an activating group) is 1. The van der Waals surface area contributed by atoms with Crippen molar-refractivity contribution in [2.75, 3.05) is 13.7 Å². The van der Waals surface area contributed by atoms with Gasteiger partial charge in [0, 0.05) is 0 Å². The van der Waals surface area contributed by atoms with Crippen molar-refractivity contribution < 1.29 is 9.53 Å². The lowest BCUT2D eigenvalue weighted by Crippen LogP contribution is -2.43. The minimum Gasteiger partial charge on any atom is -0.491 e. The minimum absolute atomic E-state index is 0.00903. The molecule has 0 heterocycles. The van der Waals surface area contributed by atoms with Crippen LogP contribution in [0.25, 0.3) is 0 Å². The Balaban J connectivity index is 2.93. The van der Waals surface area contributed by atoms with Gasteiger partial charge in [-0.05, 0) is 36.6 Å². The van der Waals surface area contributed by atoms with E-state index >= 15 is 0 Å². The number of nitrogens with one attached hydrogen (secondary N) is 1. The van der Waals surface area contributed by atoms with Crippen LogP contribution in [0.4, 0.5) is 0 Å². The van der Waals surface area contributed by atoms with Gasteiger partial charge in [-0.2, -0.15) is 0 Å². The number of carbonyl (C=O) groups excluding carboxylic acids is 1. The highest BCUT2D eigenvalue weighted by atomic mass is 16.5. The second-order valence-corrected chi connectivity index (χ2v) is 5.80. The molecule has 1 amide bonds. The Hall–Kier alpha value is -1.55. The number of rotatable bonds is 5. The molecule has 0 bridgehead atoms. The van der Waals surface area contributed by atoms with E-state index in [0.717, 1.165) is 16.9 Å². The number of ether oxygens (including phenoxy) is 1. The van der Waals surface area contributed by atoms with E-state index in [-0.39, 0.29) is 12.0 Å². The van der Waals surface area contributed by atoms with Crippen molar-refractivity contribution in [1.29, 1.82) is 0 Å². The standard InChI is InChI=1S/C15H24N2O2/c1-10-6-7-11(15(2,3)4)13(8-10)19-9-12(17-5)14(16)18/h6-8,12,17H,9H2,1-5H3,(H2,16,18). The maximum atomic E-state index is 11.2. The predicted molar refractivity (Wildman–Crippen MR) is 77.4 cm³/mol. The number of aryl methyl sites for hydroxylation is 1. The van der Waals surface area contributed by atoms with Gasteiger partial charge >= 0.3 is 0 Å². The first-order valence-corrected chi connectivity index (χ1v) is 6.46. The fourth-order valence-electron chi connectivity index (χ4n) is 1.85. The van der Waals surface area contributed by atoms with Crippen LogP contribution in [0.2, 0.25) is 0 Å². The molecule has 4 heteroatoms. The van der Waals surface area contributed by atoms with Crippen molar-refractivity contribution in [3.05, 3.63) is 29.3 Å². The number of primary amides is 1. The lowest BCUT2D eigenvalue weighted by Gasteiger charge is -2.24. The van der Waals surface area contributed by atoms with Crippen LogP contribution >= 0.6 is 0 Å². The van der Waals surface area contributed by atoms with E-state index in [2.05, 4.69) is 38.2 Å². The molecule has 0 fully saturated rings. The molecule has 0 aliphatic rings. The summed E-state index contributed by atoms with van der Waals surface area (Å²) in [5.41, 5.74) is 7.53. The van der Waals surface area contributed by atoms with Crippen molar-refractivity contribution in [3.63, 3.8) is 0 Å². The molecule has 19 heavy (non-hydrogen) atoms. The van der Waals surface area contributed by atoms with E-state index in [1.54, 1.807) is 7.05 Å². The fraction of sp³-hybridized carbons (Fsp3) is 0.533. The number of hydrogen-bond acceptors (Lipinski definition) is 3. The number of nitrogens with two attached hydrogens (primary N) is 1. The molecule has 1 rings (SSSR count). The summed E-state index contributed by atoms with van der Waals surface area (Å²) in [5.74, 6) is 0.404. The third-order valence-electron chi connectivity index (χ3n) is 3.04. The highest BCUT2D eigenvalue weighted by Gasteiger charge is 2.20. The zero-order valence-electron chi connectivity index (χ0n) is 12.4. The predicted octanol–water partition coefficient (Wildman–Crippen LogP) is 1.74. The molecule has 1 unspecified atom stereocenters. The maximum Gasteiger partial charge on any atom is 0.238 e. The summed E-state index contributed by atoms with van der Waals surface area (Å²) in [4.78, 5) is 11.2. The van der Waals surface area contributed by atoms with Gasteiger partial charge in [0.1, 0.15) is 18.4 Å². The normalized spacial score (nSPS) is 13.1. The van der Waals surface area contributed by atoms with Gasteiger partial charge in [0.05, 0.1) is 0 Å². The van der Waals surface area contributed by atoms with Crippen LogP contribution in [0, 0.1) is 6.92 Å². The molecule has 0 spiro atoms. The molecule has 1 aromatic rings.